The van der Waals surface area contributed by atoms with Gasteiger partial charge in [-0.25, -0.2) is 0 Å². The van der Waals surface area contributed by atoms with Crippen LogP contribution in [-0.2, 0) is 9.59 Å². The zero-order valence-corrected chi connectivity index (χ0v) is 17.6. The molecule has 8 heteroatoms. The average molecular weight is 411 g/mol. The van der Waals surface area contributed by atoms with Crippen molar-refractivity contribution in [3.8, 4) is 5.75 Å². The highest BCUT2D eigenvalue weighted by Gasteiger charge is 2.19. The third-order valence-corrected chi connectivity index (χ3v) is 5.01. The summed E-state index contributed by atoms with van der Waals surface area (Å²) in [5.41, 5.74) is 0.582. The van der Waals surface area contributed by atoms with E-state index in [2.05, 4.69) is 27.4 Å². The average Bonchev–Trinajstić information content (AvgIpc) is 2.68. The van der Waals surface area contributed by atoms with Gasteiger partial charge < -0.3 is 20.3 Å². The number of anilines is 1. The number of unbranched alkanes of at least 4 members (excludes halogenated alkanes) is 1. The Bertz CT molecular complexity index is 648. The molecule has 2 amide bonds. The first-order chi connectivity index (χ1) is 13.5. The molecule has 1 saturated heterocycles. The van der Waals surface area contributed by atoms with E-state index in [0.29, 0.717) is 36.0 Å². The molecule has 1 heterocycles. The zero-order valence-electron chi connectivity index (χ0n) is 16.8. The summed E-state index contributed by atoms with van der Waals surface area (Å²) in [7, 11) is 1.56. The lowest BCUT2D eigenvalue weighted by Gasteiger charge is -2.34. The van der Waals surface area contributed by atoms with E-state index in [-0.39, 0.29) is 11.8 Å². The topological polar surface area (TPSA) is 73.9 Å². The third kappa shape index (κ3) is 7.66. The molecule has 0 aliphatic carbocycles. The number of carbonyl (C=O) groups is 2. The van der Waals surface area contributed by atoms with Gasteiger partial charge in [0.05, 0.1) is 19.3 Å². The van der Waals surface area contributed by atoms with Crippen LogP contribution in [0.4, 0.5) is 5.69 Å². The first kappa shape index (κ1) is 22.5. The molecular weight excluding hydrogens is 380 g/mol. The lowest BCUT2D eigenvalue weighted by atomic mass is 10.2. The molecule has 7 nitrogen and oxygen atoms in total. The Labute approximate surface area is 172 Å². The molecule has 156 valence electrons. The van der Waals surface area contributed by atoms with Gasteiger partial charge in [-0.2, -0.15) is 0 Å². The van der Waals surface area contributed by atoms with Gasteiger partial charge in [-0.05, 0) is 24.6 Å². The maximum Gasteiger partial charge on any atom is 0.234 e. The summed E-state index contributed by atoms with van der Waals surface area (Å²) in [5, 5.41) is 6.36. The first-order valence-corrected chi connectivity index (χ1v) is 10.2. The van der Waals surface area contributed by atoms with Crippen molar-refractivity contribution in [2.75, 3.05) is 58.2 Å². The monoisotopic (exact) mass is 410 g/mol. The minimum absolute atomic E-state index is 0.0710. The maximum atomic E-state index is 12.3. The highest BCUT2D eigenvalue weighted by atomic mass is 35.5. The number of hydrogen-bond donors (Lipinski definition) is 2. The van der Waals surface area contributed by atoms with E-state index >= 15 is 0 Å². The molecule has 28 heavy (non-hydrogen) atoms. The van der Waals surface area contributed by atoms with Crippen molar-refractivity contribution >= 4 is 29.1 Å². The molecule has 1 aliphatic heterocycles. The van der Waals surface area contributed by atoms with Crippen LogP contribution in [0.3, 0.4) is 0 Å². The van der Waals surface area contributed by atoms with Crippen molar-refractivity contribution in [3.63, 3.8) is 0 Å². The molecule has 2 N–H and O–H groups in total. The van der Waals surface area contributed by atoms with Gasteiger partial charge >= 0.3 is 0 Å². The van der Waals surface area contributed by atoms with Crippen LogP contribution in [0.15, 0.2) is 18.2 Å². The van der Waals surface area contributed by atoms with E-state index in [9.17, 15) is 9.59 Å². The van der Waals surface area contributed by atoms with E-state index in [0.717, 1.165) is 45.6 Å². The van der Waals surface area contributed by atoms with Crippen LogP contribution in [-0.4, -0.2) is 74.5 Å². The van der Waals surface area contributed by atoms with Crippen molar-refractivity contribution in [2.45, 2.75) is 26.2 Å². The molecule has 0 radical (unpaired) electrons. The second kappa shape index (κ2) is 11.9. The van der Waals surface area contributed by atoms with E-state index < -0.39 is 0 Å². The van der Waals surface area contributed by atoms with Gasteiger partial charge in [-0.3, -0.25) is 14.5 Å². The number of benzene rings is 1. The highest BCUT2D eigenvalue weighted by Crippen LogP contribution is 2.27. The smallest absolute Gasteiger partial charge is 0.234 e. The number of nitrogens with zero attached hydrogens (tertiary/aromatic N) is 2. The van der Waals surface area contributed by atoms with Gasteiger partial charge in [0.15, 0.2) is 0 Å². The van der Waals surface area contributed by atoms with Crippen molar-refractivity contribution in [3.05, 3.63) is 23.2 Å². The Morgan fingerprint density at radius 2 is 1.86 bits per heavy atom. The largest absolute Gasteiger partial charge is 0.495 e. The Hall–Kier alpha value is -1.83. The molecule has 1 aromatic carbocycles. The predicted octanol–water partition coefficient (Wildman–Crippen LogP) is 2.21. The molecule has 1 aromatic rings. The number of nitrogens with one attached hydrogen (secondary N) is 2. The van der Waals surface area contributed by atoms with Crippen LogP contribution in [0.2, 0.25) is 5.02 Å². The highest BCUT2D eigenvalue weighted by molar-refractivity contribution is 6.31. The molecular formula is C20H31ClN4O3. The maximum absolute atomic E-state index is 12.3. The number of rotatable bonds is 10. The first-order valence-electron chi connectivity index (χ1n) is 9.86. The number of ether oxygens (including phenoxy) is 1. The summed E-state index contributed by atoms with van der Waals surface area (Å²) in [4.78, 5) is 28.6. The van der Waals surface area contributed by atoms with Crippen molar-refractivity contribution in [1.82, 2.24) is 15.1 Å². The van der Waals surface area contributed by atoms with Crippen LogP contribution in [0.5, 0.6) is 5.75 Å². The van der Waals surface area contributed by atoms with Crippen LogP contribution in [0.1, 0.15) is 26.2 Å². The Morgan fingerprint density at radius 1 is 1.14 bits per heavy atom. The third-order valence-electron chi connectivity index (χ3n) is 4.78. The summed E-state index contributed by atoms with van der Waals surface area (Å²) in [6, 6.07) is 5.14. The second-order valence-electron chi connectivity index (χ2n) is 6.96. The normalized spacial score (nSPS) is 15.2. The summed E-state index contributed by atoms with van der Waals surface area (Å²) in [5.74, 6) is 0.610. The molecule has 0 saturated carbocycles. The predicted molar refractivity (Wildman–Crippen MR) is 112 cm³/mol. The fraction of sp³-hybridized carbons (Fsp3) is 0.600. The van der Waals surface area contributed by atoms with Crippen molar-refractivity contribution < 1.29 is 14.3 Å². The number of carbonyl (C=O) groups excluding carboxylic acids is 2. The van der Waals surface area contributed by atoms with Gasteiger partial charge in [0.1, 0.15) is 5.75 Å². The van der Waals surface area contributed by atoms with Gasteiger partial charge in [-0.1, -0.05) is 24.9 Å². The summed E-state index contributed by atoms with van der Waals surface area (Å²) in [6.07, 6.45) is 2.49. The summed E-state index contributed by atoms with van der Waals surface area (Å²) in [6.45, 7) is 7.39. The molecule has 1 aliphatic rings. The van der Waals surface area contributed by atoms with E-state index in [1.54, 1.807) is 25.3 Å². The molecule has 0 atom stereocenters. The Kier molecular flexibility index (Phi) is 9.54. The van der Waals surface area contributed by atoms with Crippen LogP contribution in [0.25, 0.3) is 0 Å². The van der Waals surface area contributed by atoms with Crippen LogP contribution >= 0.6 is 11.6 Å². The number of methoxy groups -OCH3 is 1. The quantitative estimate of drug-likeness (QED) is 0.578. The van der Waals surface area contributed by atoms with Crippen molar-refractivity contribution in [2.24, 2.45) is 0 Å². The summed E-state index contributed by atoms with van der Waals surface area (Å²) < 4.78 is 5.25. The lowest BCUT2D eigenvalue weighted by molar-refractivity contribution is -0.122. The van der Waals surface area contributed by atoms with E-state index in [1.165, 1.54) is 0 Å². The van der Waals surface area contributed by atoms with Gasteiger partial charge in [0.25, 0.3) is 0 Å². The van der Waals surface area contributed by atoms with Crippen molar-refractivity contribution in [1.29, 1.82) is 0 Å². The molecule has 2 rings (SSSR count). The van der Waals surface area contributed by atoms with Crippen LogP contribution < -0.4 is 15.4 Å². The standard InChI is InChI=1S/C20H31ClN4O3/c1-3-4-8-22-20(27)15-25-12-10-24(11-13-25)9-7-19(26)23-17-14-16(21)5-6-18(17)28-2/h5-6,14H,3-4,7-13,15H2,1-2H3,(H,22,27)(H,23,26). The number of piperazine rings is 1. The van der Waals surface area contributed by atoms with Gasteiger partial charge in [-0.15, -0.1) is 0 Å². The molecule has 0 bridgehead atoms. The van der Waals surface area contributed by atoms with E-state index in [1.807, 2.05) is 0 Å². The van der Waals surface area contributed by atoms with Gasteiger partial charge in [0, 0.05) is 50.7 Å². The molecule has 0 aromatic heterocycles. The summed E-state index contributed by atoms with van der Waals surface area (Å²) >= 11 is 5.99. The number of hydrogen-bond acceptors (Lipinski definition) is 5. The zero-order chi connectivity index (χ0) is 20.4. The minimum atomic E-state index is -0.0710. The van der Waals surface area contributed by atoms with E-state index in [4.69, 9.17) is 16.3 Å². The fourth-order valence-corrected chi connectivity index (χ4v) is 3.26. The molecule has 0 spiro atoms. The molecule has 1 fully saturated rings. The molecule has 0 unspecified atom stereocenters. The minimum Gasteiger partial charge on any atom is -0.495 e. The fourth-order valence-electron chi connectivity index (χ4n) is 3.08. The lowest BCUT2D eigenvalue weighted by Crippen LogP contribution is -2.49. The number of halogens is 1. The second-order valence-corrected chi connectivity index (χ2v) is 7.40. The van der Waals surface area contributed by atoms with Crippen LogP contribution in [0, 0.1) is 0 Å². The number of amides is 2. The Balaban J connectivity index is 1.67. The van der Waals surface area contributed by atoms with Gasteiger partial charge in [0.2, 0.25) is 11.8 Å². The SMILES string of the molecule is CCCCNC(=O)CN1CCN(CCC(=O)Nc2cc(Cl)ccc2OC)CC1. The Morgan fingerprint density at radius 3 is 2.54 bits per heavy atom.